The summed E-state index contributed by atoms with van der Waals surface area (Å²) in [4.78, 5) is 16.7. The molecule has 5 nitrogen and oxygen atoms in total. The minimum absolute atomic E-state index is 0.0353. The van der Waals surface area contributed by atoms with Gasteiger partial charge in [0.2, 0.25) is 0 Å². The second-order valence-electron chi connectivity index (χ2n) is 9.08. The summed E-state index contributed by atoms with van der Waals surface area (Å²) in [5, 5.41) is 12.4. The summed E-state index contributed by atoms with van der Waals surface area (Å²) in [7, 11) is 0. The number of allylic oxidation sites excluding steroid dienone is 1. The molecule has 5 heteroatoms. The van der Waals surface area contributed by atoms with E-state index in [4.69, 9.17) is 0 Å². The van der Waals surface area contributed by atoms with Crippen molar-refractivity contribution in [2.75, 3.05) is 5.01 Å². The van der Waals surface area contributed by atoms with Gasteiger partial charge < -0.3 is 5.01 Å². The van der Waals surface area contributed by atoms with Gasteiger partial charge in [-0.25, -0.2) is 5.43 Å². The lowest BCUT2D eigenvalue weighted by Crippen LogP contribution is -2.58. The minimum atomic E-state index is -0.217. The Kier molecular flexibility index (Phi) is 4.48. The van der Waals surface area contributed by atoms with Gasteiger partial charge in [-0.15, -0.1) is 0 Å². The van der Waals surface area contributed by atoms with Crippen LogP contribution in [0.25, 0.3) is 0 Å². The lowest BCUT2D eigenvalue weighted by atomic mass is 9.51. The highest BCUT2D eigenvalue weighted by molar-refractivity contribution is 5.93. The van der Waals surface area contributed by atoms with Crippen LogP contribution in [0.1, 0.15) is 31.9 Å². The van der Waals surface area contributed by atoms with Gasteiger partial charge in [-0.2, -0.15) is 5.26 Å². The molecule has 0 bridgehead atoms. The molecular weight excluding hydrogens is 372 g/mol. The number of hydrogen-bond acceptors (Lipinski definition) is 5. The summed E-state index contributed by atoms with van der Waals surface area (Å²) in [5.41, 5.74) is 5.76. The third kappa shape index (κ3) is 2.71. The molecule has 2 heterocycles. The van der Waals surface area contributed by atoms with Gasteiger partial charge in [-0.1, -0.05) is 50.3 Å². The molecule has 0 spiro atoms. The predicted octanol–water partition coefficient (Wildman–Crippen LogP) is 4.07. The van der Waals surface area contributed by atoms with E-state index in [1.54, 1.807) is 18.5 Å². The molecule has 7 atom stereocenters. The number of hydrazine groups is 1. The number of nitrogens with one attached hydrogen (secondary N) is 1. The third-order valence-corrected chi connectivity index (χ3v) is 7.64. The molecule has 2 fully saturated rings. The van der Waals surface area contributed by atoms with Crippen molar-refractivity contribution in [2.24, 2.45) is 29.1 Å². The summed E-state index contributed by atoms with van der Waals surface area (Å²) in [5.74, 6) is 0.221. The first-order valence-corrected chi connectivity index (χ1v) is 10.7. The van der Waals surface area contributed by atoms with Crippen molar-refractivity contribution in [3.8, 4) is 6.07 Å². The van der Waals surface area contributed by atoms with Crippen molar-refractivity contribution < 1.29 is 4.79 Å². The molecule has 3 aliphatic rings. The molecule has 2 aromatic rings. The standard InChI is InChI=1S/C25H26N4O/c1-16-20-14-18(15-26)22-23(17-6-4-3-5-7-17)28-29(19-9-12-27-13-10-19)24(22)25(20,2)11-8-21(16)30/h3-13,16,18,20,22-24,28H,14H2,1-2H3/t16-,18?,20-,22?,23?,24?,25+/m1/s1. The van der Waals surface area contributed by atoms with Crippen LogP contribution in [0, 0.1) is 40.4 Å². The first kappa shape index (κ1) is 19.0. The number of carbonyl (C=O) groups is 1. The zero-order valence-electron chi connectivity index (χ0n) is 17.3. The minimum Gasteiger partial charge on any atom is -0.303 e. The number of aromatic nitrogens is 1. The molecule has 0 radical (unpaired) electrons. The number of nitrogens with zero attached hydrogens (tertiary/aromatic N) is 3. The Hall–Kier alpha value is -2.97. The first-order valence-electron chi connectivity index (χ1n) is 10.7. The third-order valence-electron chi connectivity index (χ3n) is 7.64. The average Bonchev–Trinajstić information content (AvgIpc) is 3.20. The molecule has 0 amide bonds. The number of carbonyl (C=O) groups excluding carboxylic acids is 1. The van der Waals surface area contributed by atoms with Gasteiger partial charge in [0.25, 0.3) is 0 Å². The molecule has 5 rings (SSSR count). The van der Waals surface area contributed by atoms with Crippen LogP contribution in [0.3, 0.4) is 0 Å². The lowest BCUT2D eigenvalue weighted by Gasteiger charge is -2.54. The molecule has 1 saturated carbocycles. The number of benzene rings is 1. The number of anilines is 1. The largest absolute Gasteiger partial charge is 0.303 e. The fourth-order valence-corrected chi connectivity index (χ4v) is 6.13. The van der Waals surface area contributed by atoms with E-state index >= 15 is 0 Å². The average molecular weight is 399 g/mol. The smallest absolute Gasteiger partial charge is 0.158 e. The molecule has 30 heavy (non-hydrogen) atoms. The van der Waals surface area contributed by atoms with E-state index in [9.17, 15) is 10.1 Å². The summed E-state index contributed by atoms with van der Waals surface area (Å²) in [6, 6.07) is 17.1. The Balaban J connectivity index is 1.68. The molecule has 1 aromatic heterocycles. The topological polar surface area (TPSA) is 69.0 Å². The van der Waals surface area contributed by atoms with E-state index in [1.807, 2.05) is 25.1 Å². The van der Waals surface area contributed by atoms with Crippen LogP contribution in [-0.2, 0) is 4.79 Å². The van der Waals surface area contributed by atoms with Crippen LogP contribution >= 0.6 is 0 Å². The van der Waals surface area contributed by atoms with Crippen molar-refractivity contribution in [1.82, 2.24) is 10.4 Å². The fourth-order valence-electron chi connectivity index (χ4n) is 6.13. The molecule has 1 saturated heterocycles. The maximum absolute atomic E-state index is 12.5. The van der Waals surface area contributed by atoms with Crippen LogP contribution in [0.15, 0.2) is 67.0 Å². The number of ketones is 1. The van der Waals surface area contributed by atoms with E-state index in [0.29, 0.717) is 0 Å². The van der Waals surface area contributed by atoms with Gasteiger partial charge >= 0.3 is 0 Å². The van der Waals surface area contributed by atoms with Crippen molar-refractivity contribution in [1.29, 1.82) is 5.26 Å². The molecule has 152 valence electrons. The van der Waals surface area contributed by atoms with Crippen LogP contribution in [0.5, 0.6) is 0 Å². The second kappa shape index (κ2) is 7.07. The highest BCUT2D eigenvalue weighted by Gasteiger charge is 2.61. The normalized spacial score (nSPS) is 37.4. The van der Waals surface area contributed by atoms with Crippen LogP contribution in [-0.4, -0.2) is 16.8 Å². The Morgan fingerprint density at radius 1 is 1.20 bits per heavy atom. The van der Waals surface area contributed by atoms with Crippen LogP contribution < -0.4 is 10.4 Å². The number of nitriles is 1. The number of pyridine rings is 1. The van der Waals surface area contributed by atoms with Crippen molar-refractivity contribution >= 4 is 11.5 Å². The summed E-state index contributed by atoms with van der Waals surface area (Å²) in [6.45, 7) is 4.29. The Bertz CT molecular complexity index is 1010. The SMILES string of the molecule is C[C@H]1C(=O)C=C[C@]2(C)C3C(C(C#N)C[C@H]12)C(c1ccccc1)NN3c1ccncc1. The van der Waals surface area contributed by atoms with E-state index in [0.717, 1.165) is 12.1 Å². The maximum Gasteiger partial charge on any atom is 0.158 e. The maximum atomic E-state index is 12.5. The van der Waals surface area contributed by atoms with E-state index < -0.39 is 0 Å². The first-order chi connectivity index (χ1) is 14.5. The molecule has 4 unspecified atom stereocenters. The number of rotatable bonds is 2. The van der Waals surface area contributed by atoms with E-state index in [1.165, 1.54) is 5.56 Å². The van der Waals surface area contributed by atoms with E-state index in [-0.39, 0.29) is 47.0 Å². The predicted molar refractivity (Wildman–Crippen MR) is 115 cm³/mol. The second-order valence-corrected chi connectivity index (χ2v) is 9.08. The van der Waals surface area contributed by atoms with Crippen molar-refractivity contribution in [2.45, 2.75) is 32.4 Å². The van der Waals surface area contributed by atoms with Crippen molar-refractivity contribution in [3.05, 3.63) is 72.6 Å². The van der Waals surface area contributed by atoms with Crippen LogP contribution in [0.4, 0.5) is 5.69 Å². The molecule has 1 N–H and O–H groups in total. The molecule has 1 aromatic carbocycles. The Morgan fingerprint density at radius 3 is 2.63 bits per heavy atom. The Morgan fingerprint density at radius 2 is 1.93 bits per heavy atom. The highest BCUT2D eigenvalue weighted by atomic mass is 16.1. The van der Waals surface area contributed by atoms with Gasteiger partial charge in [-0.05, 0) is 36.1 Å². The highest BCUT2D eigenvalue weighted by Crippen LogP contribution is 2.59. The van der Waals surface area contributed by atoms with E-state index in [2.05, 4.69) is 58.8 Å². The van der Waals surface area contributed by atoms with Gasteiger partial charge in [0.05, 0.1) is 29.8 Å². The summed E-state index contributed by atoms with van der Waals surface area (Å²) < 4.78 is 0. The Labute approximate surface area is 177 Å². The van der Waals surface area contributed by atoms with Gasteiger partial charge in [-0.3, -0.25) is 9.78 Å². The zero-order valence-corrected chi connectivity index (χ0v) is 17.3. The lowest BCUT2D eigenvalue weighted by molar-refractivity contribution is -0.123. The molecule has 1 aliphatic heterocycles. The number of fused-ring (bicyclic) bond motifs is 3. The molecule has 2 aliphatic carbocycles. The number of hydrogen-bond donors (Lipinski definition) is 1. The van der Waals surface area contributed by atoms with Crippen molar-refractivity contribution in [3.63, 3.8) is 0 Å². The monoisotopic (exact) mass is 398 g/mol. The van der Waals surface area contributed by atoms with Gasteiger partial charge in [0, 0.05) is 29.6 Å². The van der Waals surface area contributed by atoms with Gasteiger partial charge in [0.1, 0.15) is 0 Å². The van der Waals surface area contributed by atoms with Crippen LogP contribution in [0.2, 0.25) is 0 Å². The zero-order chi connectivity index (χ0) is 20.9. The molecular formula is C25H26N4O. The quantitative estimate of drug-likeness (QED) is 0.826. The summed E-state index contributed by atoms with van der Waals surface area (Å²) in [6.07, 6.45) is 8.24. The van der Waals surface area contributed by atoms with Gasteiger partial charge in [0.15, 0.2) is 5.78 Å². The summed E-state index contributed by atoms with van der Waals surface area (Å²) >= 11 is 0. The fraction of sp³-hybridized carbons (Fsp3) is 0.400.